The quantitative estimate of drug-likeness (QED) is 0.392. The summed E-state index contributed by atoms with van der Waals surface area (Å²) in [5, 5.41) is 1.13. The zero-order chi connectivity index (χ0) is 5.15. The molecule has 0 rings (SSSR count). The molecule has 0 unspecified atom stereocenters. The van der Waals surface area contributed by atoms with Crippen LogP contribution in [0, 0.1) is 5.92 Å². The summed E-state index contributed by atoms with van der Waals surface area (Å²) < 4.78 is 0. The van der Waals surface area contributed by atoms with E-state index in [0.717, 1.165) is 11.1 Å². The van der Waals surface area contributed by atoms with Gasteiger partial charge in [-0.1, -0.05) is 24.9 Å². The van der Waals surface area contributed by atoms with Gasteiger partial charge in [0.1, 0.15) is 0 Å². The Labute approximate surface area is 46.2 Å². The Hall–Kier alpha value is 0.434. The summed E-state index contributed by atoms with van der Waals surface area (Å²) in [7, 11) is 2.83. The van der Waals surface area contributed by atoms with Gasteiger partial charge in [0.15, 0.2) is 0 Å². The summed E-state index contributed by atoms with van der Waals surface area (Å²) >= 11 is 0. The highest BCUT2D eigenvalue weighted by Gasteiger charge is 1.95. The van der Waals surface area contributed by atoms with Gasteiger partial charge in [-0.3, -0.25) is 0 Å². The fourth-order valence-electron chi connectivity index (χ4n) is 0. The maximum atomic E-state index is 2.31. The summed E-state index contributed by atoms with van der Waals surface area (Å²) in [6.07, 6.45) is 0. The molecule has 0 nitrogen and oxygen atoms in total. The van der Waals surface area contributed by atoms with Crippen molar-refractivity contribution < 1.29 is 0 Å². The molecule has 0 fully saturated rings. The minimum atomic E-state index is 0.975. The standard InChI is InChI=1S/C4H14Si2/c1-3(2)4(5)6/h3-4H,1-2,5-6H3. The van der Waals surface area contributed by atoms with Crippen LogP contribution >= 0.6 is 0 Å². The van der Waals surface area contributed by atoms with Gasteiger partial charge < -0.3 is 0 Å². The third kappa shape index (κ3) is 2.66. The van der Waals surface area contributed by atoms with Crippen molar-refractivity contribution >= 4 is 20.5 Å². The first kappa shape index (κ1) is 6.43. The molecule has 0 aliphatic rings. The van der Waals surface area contributed by atoms with Crippen LogP contribution in [0.15, 0.2) is 0 Å². The highest BCUT2D eigenvalue weighted by molar-refractivity contribution is 6.35. The lowest BCUT2D eigenvalue weighted by Gasteiger charge is -2.05. The highest BCUT2D eigenvalue weighted by atomic mass is 28.2. The molecule has 38 valence electrons. The van der Waals surface area contributed by atoms with Gasteiger partial charge in [0, 0.05) is 20.5 Å². The zero-order valence-corrected chi connectivity index (χ0v) is 9.15. The zero-order valence-electron chi connectivity index (χ0n) is 5.15. The van der Waals surface area contributed by atoms with Crippen LogP contribution in [-0.4, -0.2) is 20.5 Å². The van der Waals surface area contributed by atoms with Crippen LogP contribution in [0.5, 0.6) is 0 Å². The van der Waals surface area contributed by atoms with E-state index in [-0.39, 0.29) is 0 Å². The lowest BCUT2D eigenvalue weighted by Crippen LogP contribution is -1.99. The van der Waals surface area contributed by atoms with Gasteiger partial charge in [-0.15, -0.1) is 0 Å². The average molecular weight is 118 g/mol. The summed E-state index contributed by atoms with van der Waals surface area (Å²) in [5.74, 6) is 0.975. The van der Waals surface area contributed by atoms with E-state index in [1.807, 2.05) is 0 Å². The van der Waals surface area contributed by atoms with Crippen molar-refractivity contribution in [3.8, 4) is 0 Å². The molecule has 0 radical (unpaired) electrons. The molecule has 0 aromatic carbocycles. The van der Waals surface area contributed by atoms with E-state index < -0.39 is 0 Å². The third-order valence-electron chi connectivity index (χ3n) is 1.33. The lowest BCUT2D eigenvalue weighted by atomic mass is 10.3. The molecule has 0 amide bonds. The van der Waals surface area contributed by atoms with E-state index in [9.17, 15) is 0 Å². The van der Waals surface area contributed by atoms with Crippen molar-refractivity contribution in [3.05, 3.63) is 0 Å². The van der Waals surface area contributed by atoms with Crippen LogP contribution in [0.4, 0.5) is 0 Å². The molecule has 2 heteroatoms. The Morgan fingerprint density at radius 1 is 1.17 bits per heavy atom. The van der Waals surface area contributed by atoms with E-state index in [1.54, 1.807) is 0 Å². The van der Waals surface area contributed by atoms with Gasteiger partial charge in [0.2, 0.25) is 0 Å². The molecule has 0 heterocycles. The highest BCUT2D eigenvalue weighted by Crippen LogP contribution is 2.05. The maximum absolute atomic E-state index is 2.31. The Bertz CT molecular complexity index is 26.5. The minimum Gasteiger partial charge on any atom is -0.0640 e. The Balaban J connectivity index is 2.99. The molecule has 0 aromatic rings. The molecule has 0 aliphatic heterocycles. The first-order valence-corrected chi connectivity index (χ1v) is 4.95. The van der Waals surface area contributed by atoms with Crippen LogP contribution in [0.25, 0.3) is 0 Å². The molecule has 0 atom stereocenters. The second kappa shape index (κ2) is 2.58. The van der Waals surface area contributed by atoms with Crippen molar-refractivity contribution in [2.24, 2.45) is 5.92 Å². The van der Waals surface area contributed by atoms with Gasteiger partial charge in [-0.2, -0.15) is 0 Å². The normalized spacial score (nSPS) is 16.5. The van der Waals surface area contributed by atoms with E-state index in [0.29, 0.717) is 0 Å². The molecule has 0 N–H and O–H groups in total. The van der Waals surface area contributed by atoms with Crippen LogP contribution in [-0.2, 0) is 0 Å². The monoisotopic (exact) mass is 118 g/mol. The molecular weight excluding hydrogens is 104 g/mol. The molecule has 0 bridgehead atoms. The maximum Gasteiger partial charge on any atom is 0.00277 e. The summed E-state index contributed by atoms with van der Waals surface area (Å²) in [6, 6.07) is 0. The van der Waals surface area contributed by atoms with Crippen molar-refractivity contribution in [2.45, 2.75) is 19.0 Å². The van der Waals surface area contributed by atoms with Gasteiger partial charge in [-0.25, -0.2) is 0 Å². The second-order valence-electron chi connectivity index (χ2n) is 2.49. The lowest BCUT2D eigenvalue weighted by molar-refractivity contribution is 0.700. The number of rotatable bonds is 1. The molecule has 0 aliphatic carbocycles. The summed E-state index contributed by atoms with van der Waals surface area (Å²) in [5.41, 5.74) is 0. The first-order chi connectivity index (χ1) is 2.64. The first-order valence-electron chi connectivity index (χ1n) is 2.64. The van der Waals surface area contributed by atoms with Crippen molar-refractivity contribution in [2.75, 3.05) is 0 Å². The van der Waals surface area contributed by atoms with Gasteiger partial charge in [0.05, 0.1) is 0 Å². The third-order valence-corrected chi connectivity index (χ3v) is 4.00. The van der Waals surface area contributed by atoms with Crippen LogP contribution in [0.2, 0.25) is 5.16 Å². The number of hydrogen-bond donors (Lipinski definition) is 0. The van der Waals surface area contributed by atoms with E-state index in [2.05, 4.69) is 13.8 Å². The van der Waals surface area contributed by atoms with Crippen molar-refractivity contribution in [1.82, 2.24) is 0 Å². The molecular formula is C4H14Si2. The fourth-order valence-corrected chi connectivity index (χ4v) is 0. The van der Waals surface area contributed by atoms with Gasteiger partial charge in [-0.05, 0) is 0 Å². The summed E-state index contributed by atoms with van der Waals surface area (Å²) in [6.45, 7) is 4.62. The van der Waals surface area contributed by atoms with Crippen LogP contribution in [0.1, 0.15) is 13.8 Å². The van der Waals surface area contributed by atoms with Gasteiger partial charge >= 0.3 is 0 Å². The average Bonchev–Trinajstić information content (AvgIpc) is 1.36. The van der Waals surface area contributed by atoms with Crippen molar-refractivity contribution in [1.29, 1.82) is 0 Å². The Kier molecular flexibility index (Phi) is 2.77. The number of hydrogen-bond acceptors (Lipinski definition) is 0. The second-order valence-corrected chi connectivity index (χ2v) is 8.44. The molecule has 0 spiro atoms. The topological polar surface area (TPSA) is 0 Å². The van der Waals surface area contributed by atoms with E-state index >= 15 is 0 Å². The predicted molar refractivity (Wildman–Crippen MR) is 38.5 cm³/mol. The molecule has 0 saturated heterocycles. The smallest absolute Gasteiger partial charge is 0.00277 e. The Morgan fingerprint density at radius 2 is 1.33 bits per heavy atom. The molecule has 0 aromatic heterocycles. The van der Waals surface area contributed by atoms with E-state index in [1.165, 1.54) is 20.5 Å². The Morgan fingerprint density at radius 3 is 1.33 bits per heavy atom. The summed E-state index contributed by atoms with van der Waals surface area (Å²) in [4.78, 5) is 0. The molecule has 0 saturated carbocycles. The van der Waals surface area contributed by atoms with E-state index in [4.69, 9.17) is 0 Å². The SMILES string of the molecule is CC(C)C([SiH3])[SiH3]. The van der Waals surface area contributed by atoms with Gasteiger partial charge in [0.25, 0.3) is 0 Å². The van der Waals surface area contributed by atoms with Crippen LogP contribution < -0.4 is 0 Å². The fraction of sp³-hybridized carbons (Fsp3) is 1.00. The largest absolute Gasteiger partial charge is 0.0640 e. The minimum absolute atomic E-state index is 0.975. The predicted octanol–water partition coefficient (Wildman–Crippen LogP) is -0.881. The molecule has 6 heavy (non-hydrogen) atoms. The van der Waals surface area contributed by atoms with Crippen LogP contribution in [0.3, 0.4) is 0 Å². The van der Waals surface area contributed by atoms with Crippen molar-refractivity contribution in [3.63, 3.8) is 0 Å².